The van der Waals surface area contributed by atoms with Gasteiger partial charge in [-0.25, -0.2) is 0 Å². The number of hydrogen-bond acceptors (Lipinski definition) is 8. The first-order valence-electron chi connectivity index (χ1n) is 9.13. The van der Waals surface area contributed by atoms with Crippen molar-refractivity contribution in [2.24, 2.45) is 0 Å². The first-order chi connectivity index (χ1) is 14.3. The predicted octanol–water partition coefficient (Wildman–Crippen LogP) is 3.59. The van der Waals surface area contributed by atoms with E-state index in [1.54, 1.807) is 29.7 Å². The number of hydrogen-bond donors (Lipinski definition) is 1. The minimum atomic E-state index is -1.34. The molecule has 1 aromatic heterocycles. The maximum absolute atomic E-state index is 11.5. The van der Waals surface area contributed by atoms with Gasteiger partial charge in [0.05, 0.1) is 16.5 Å². The molecule has 9 nitrogen and oxygen atoms in total. The second-order valence-corrected chi connectivity index (χ2v) is 7.51. The number of ether oxygens (including phenoxy) is 3. The number of nitro benzene ring substituents is 1. The van der Waals surface area contributed by atoms with Gasteiger partial charge >= 0.3 is 0 Å². The van der Waals surface area contributed by atoms with Gasteiger partial charge in [-0.05, 0) is 37.3 Å². The molecule has 30 heavy (non-hydrogen) atoms. The number of benzene rings is 2. The number of para-hydroxylation sites is 2. The Morgan fingerprint density at radius 3 is 2.63 bits per heavy atom. The molecular formula is C20H20N2O7S. The van der Waals surface area contributed by atoms with Crippen molar-refractivity contribution in [3.63, 3.8) is 0 Å². The highest BCUT2D eigenvalue weighted by atomic mass is 32.1. The summed E-state index contributed by atoms with van der Waals surface area (Å²) in [6.45, 7) is 1.65. The summed E-state index contributed by atoms with van der Waals surface area (Å²) in [5.41, 5.74) is 0.101. The number of aliphatic hydroxyl groups excluding tert-OH is 1. The van der Waals surface area contributed by atoms with Gasteiger partial charge in [0.25, 0.3) is 10.5 Å². The molecule has 158 valence electrons. The maximum atomic E-state index is 11.5. The summed E-state index contributed by atoms with van der Waals surface area (Å²) < 4.78 is 24.2. The van der Waals surface area contributed by atoms with Crippen molar-refractivity contribution in [1.82, 2.24) is 4.57 Å². The topological polar surface area (TPSA) is 109 Å². The molecule has 0 aliphatic carbocycles. The molecule has 2 aromatic carbocycles. The molecule has 0 unspecified atom stereocenters. The third-order valence-corrected chi connectivity index (χ3v) is 5.71. The van der Waals surface area contributed by atoms with Crippen molar-refractivity contribution in [2.75, 3.05) is 14.2 Å². The first-order valence-corrected chi connectivity index (χ1v) is 9.53. The molecule has 1 aliphatic heterocycles. The Kier molecular flexibility index (Phi) is 5.10. The summed E-state index contributed by atoms with van der Waals surface area (Å²) in [5.74, 6) is 0.352. The van der Waals surface area contributed by atoms with E-state index in [-0.39, 0.29) is 10.5 Å². The fraction of sp³-hybridized carbons (Fsp3) is 0.350. The van der Waals surface area contributed by atoms with E-state index < -0.39 is 29.0 Å². The van der Waals surface area contributed by atoms with Crippen molar-refractivity contribution in [3.05, 3.63) is 63.0 Å². The van der Waals surface area contributed by atoms with E-state index in [0.29, 0.717) is 22.4 Å². The largest absolute Gasteiger partial charge is 0.479 e. The normalized spacial score (nSPS) is 23.4. The zero-order chi connectivity index (χ0) is 21.6. The Bertz CT molecular complexity index is 1170. The summed E-state index contributed by atoms with van der Waals surface area (Å²) in [6, 6.07) is 10.6. The second-order valence-electron chi connectivity index (χ2n) is 7.16. The summed E-state index contributed by atoms with van der Waals surface area (Å²) in [6.07, 6.45) is -2.17. The Balaban J connectivity index is 2.01. The molecule has 0 fully saturated rings. The highest BCUT2D eigenvalue weighted by molar-refractivity contribution is 7.71. The molecule has 3 atom stereocenters. The zero-order valence-corrected chi connectivity index (χ0v) is 17.3. The molecule has 1 N–H and O–H groups in total. The average molecular weight is 432 g/mol. The van der Waals surface area contributed by atoms with Gasteiger partial charge in [-0.1, -0.05) is 12.1 Å². The molecule has 2 heterocycles. The highest BCUT2D eigenvalue weighted by Crippen LogP contribution is 2.46. The maximum Gasteiger partial charge on any atom is 0.270 e. The lowest BCUT2D eigenvalue weighted by Gasteiger charge is -2.46. The first kappa shape index (κ1) is 20.5. The Labute approximate surface area is 176 Å². The Morgan fingerprint density at radius 2 is 1.97 bits per heavy atom. The van der Waals surface area contributed by atoms with Crippen LogP contribution in [0, 0.1) is 15.0 Å². The number of aromatic nitrogens is 1. The summed E-state index contributed by atoms with van der Waals surface area (Å²) in [4.78, 5) is 11.0. The minimum Gasteiger partial charge on any atom is -0.479 e. The quantitative estimate of drug-likeness (QED) is 0.282. The molecular weight excluding hydrogens is 412 g/mol. The number of nitrogens with zero attached hydrogens (tertiary/aromatic N) is 2. The van der Waals surface area contributed by atoms with Crippen LogP contribution >= 0.6 is 12.2 Å². The molecule has 0 bridgehead atoms. The van der Waals surface area contributed by atoms with Crippen molar-refractivity contribution >= 4 is 29.0 Å². The van der Waals surface area contributed by atoms with Gasteiger partial charge in [0.15, 0.2) is 17.5 Å². The minimum absolute atomic E-state index is 0.119. The van der Waals surface area contributed by atoms with E-state index >= 15 is 0 Å². The standard InChI is InChI=1S/C20H20N2O7S/c1-20(18(26-2)27-3)17(23)16(12-10-11(22(24)25)8-9-14(12)29-20)21-13-6-4-5-7-15(13)28-19(21)30/h4-10,16-18,23H,1-3H3/t16-,17-,20+/m1/s1. The monoisotopic (exact) mass is 432 g/mol. The van der Waals surface area contributed by atoms with Gasteiger partial charge in [-0.3, -0.25) is 14.7 Å². The van der Waals surface area contributed by atoms with Crippen molar-refractivity contribution in [1.29, 1.82) is 0 Å². The number of rotatable bonds is 5. The van der Waals surface area contributed by atoms with Crippen molar-refractivity contribution in [3.8, 4) is 5.75 Å². The van der Waals surface area contributed by atoms with Gasteiger partial charge in [0.1, 0.15) is 11.9 Å². The van der Waals surface area contributed by atoms with Crippen LogP contribution in [-0.2, 0) is 9.47 Å². The number of oxazole rings is 1. The third-order valence-electron chi connectivity index (χ3n) is 5.43. The number of nitro groups is 1. The Morgan fingerprint density at radius 1 is 1.27 bits per heavy atom. The fourth-order valence-corrected chi connectivity index (χ4v) is 4.34. The predicted molar refractivity (Wildman–Crippen MR) is 109 cm³/mol. The third kappa shape index (κ3) is 3.00. The summed E-state index contributed by atoms with van der Waals surface area (Å²) in [7, 11) is 2.88. The van der Waals surface area contributed by atoms with Crippen molar-refractivity contribution in [2.45, 2.75) is 31.0 Å². The van der Waals surface area contributed by atoms with Gasteiger partial charge in [0.2, 0.25) is 0 Å². The highest BCUT2D eigenvalue weighted by Gasteiger charge is 2.53. The van der Waals surface area contributed by atoms with Crippen LogP contribution < -0.4 is 4.74 Å². The number of aliphatic hydroxyl groups is 1. The van der Waals surface area contributed by atoms with Gasteiger partial charge in [-0.2, -0.15) is 0 Å². The van der Waals surface area contributed by atoms with Crippen LogP contribution in [0.5, 0.6) is 5.75 Å². The smallest absolute Gasteiger partial charge is 0.270 e. The molecule has 0 saturated carbocycles. The lowest BCUT2D eigenvalue weighted by atomic mass is 9.84. The molecule has 10 heteroatoms. The molecule has 0 saturated heterocycles. The Hall–Kier alpha value is -2.79. The SMILES string of the molecule is COC(OC)[C@@]1(C)Oc2ccc([N+](=O)[O-])cc2[C@@H](n2c(=S)oc3ccccc32)[C@H]1O. The molecule has 0 amide bonds. The van der Waals surface area contributed by atoms with Crippen LogP contribution in [0.4, 0.5) is 5.69 Å². The van der Waals surface area contributed by atoms with Gasteiger partial charge in [0, 0.05) is 31.9 Å². The lowest BCUT2D eigenvalue weighted by molar-refractivity contribution is -0.385. The van der Waals surface area contributed by atoms with E-state index in [1.165, 1.54) is 32.4 Å². The fourth-order valence-electron chi connectivity index (χ4n) is 4.03. The second kappa shape index (κ2) is 7.47. The van der Waals surface area contributed by atoms with E-state index in [2.05, 4.69) is 0 Å². The molecule has 0 spiro atoms. The van der Waals surface area contributed by atoms with Crippen LogP contribution in [0.1, 0.15) is 18.5 Å². The van der Waals surface area contributed by atoms with Crippen LogP contribution in [0.15, 0.2) is 46.9 Å². The van der Waals surface area contributed by atoms with E-state index in [0.717, 1.165) is 0 Å². The summed E-state index contributed by atoms with van der Waals surface area (Å²) >= 11 is 5.45. The van der Waals surface area contributed by atoms with Crippen LogP contribution in [0.25, 0.3) is 11.1 Å². The zero-order valence-electron chi connectivity index (χ0n) is 16.5. The molecule has 3 aromatic rings. The summed E-state index contributed by atoms with van der Waals surface area (Å²) in [5, 5.41) is 22.9. The number of non-ortho nitro benzene ring substituents is 1. The van der Waals surface area contributed by atoms with E-state index in [1.807, 2.05) is 6.07 Å². The average Bonchev–Trinajstić information content (AvgIpc) is 3.05. The lowest BCUT2D eigenvalue weighted by Crippen LogP contribution is -2.60. The molecule has 4 rings (SSSR count). The van der Waals surface area contributed by atoms with E-state index in [9.17, 15) is 15.2 Å². The van der Waals surface area contributed by atoms with Crippen LogP contribution in [0.3, 0.4) is 0 Å². The van der Waals surface area contributed by atoms with Crippen LogP contribution in [-0.4, -0.2) is 46.8 Å². The van der Waals surface area contributed by atoms with Crippen LogP contribution in [0.2, 0.25) is 0 Å². The van der Waals surface area contributed by atoms with Gasteiger partial charge in [-0.15, -0.1) is 0 Å². The van der Waals surface area contributed by atoms with E-state index in [4.69, 9.17) is 30.8 Å². The van der Waals surface area contributed by atoms with Gasteiger partial charge < -0.3 is 23.7 Å². The number of methoxy groups -OCH3 is 2. The molecule has 0 radical (unpaired) electrons. The van der Waals surface area contributed by atoms with Crippen molar-refractivity contribution < 1.29 is 28.7 Å². The number of fused-ring (bicyclic) bond motifs is 2. The molecule has 1 aliphatic rings.